The maximum atomic E-state index is 8.55. The number of hydrogen-bond acceptors (Lipinski definition) is 16. The van der Waals surface area contributed by atoms with Gasteiger partial charge in [-0.05, 0) is 12.1 Å². The van der Waals surface area contributed by atoms with Crippen molar-refractivity contribution in [1.29, 1.82) is 0 Å². The van der Waals surface area contributed by atoms with Crippen molar-refractivity contribution in [3.05, 3.63) is 35.4 Å². The van der Waals surface area contributed by atoms with E-state index in [0.717, 1.165) is 5.02 Å². The summed E-state index contributed by atoms with van der Waals surface area (Å²) < 4.78 is 34.2. The quantitative estimate of drug-likeness (QED) is 0.221. The number of phosphoric acid groups is 4. The van der Waals surface area contributed by atoms with Crippen LogP contribution in [0.25, 0.3) is 0 Å². The Bertz CT molecular complexity index is 556. The largest absolute Gasteiger partial charge is 4.00 e. The van der Waals surface area contributed by atoms with Gasteiger partial charge in [0.25, 0.3) is 0 Å². The molecule has 0 aliphatic heterocycles. The van der Waals surface area contributed by atoms with Gasteiger partial charge in [0.05, 0.1) is 0 Å². The molecule has 0 amide bonds. The van der Waals surface area contributed by atoms with Gasteiger partial charge >= 0.3 is 78.6 Å². The molecule has 0 fully saturated rings. The molecule has 0 bridgehead atoms. The molecule has 164 valence electrons. The van der Waals surface area contributed by atoms with Crippen LogP contribution in [0.4, 0.5) is 0 Å². The Morgan fingerprint density at radius 2 is 0.600 bits per heavy atom. The second-order valence-corrected chi connectivity index (χ2v) is 7.10. The zero-order valence-corrected chi connectivity index (χ0v) is 25.3. The zero-order valence-electron chi connectivity index (χ0n) is 13.6. The van der Waals surface area contributed by atoms with E-state index in [-0.39, 0.29) is 78.6 Å². The fourth-order valence-electron chi connectivity index (χ4n) is 0.415. The molecule has 0 aliphatic rings. The molecule has 0 aromatic heterocycles. The fourth-order valence-corrected chi connectivity index (χ4v) is 0.560. The van der Waals surface area contributed by atoms with Crippen molar-refractivity contribution in [2.75, 3.05) is 0 Å². The van der Waals surface area contributed by atoms with Gasteiger partial charge in [-0.3, -0.25) is 0 Å². The standard InChI is InChI=1S/C6H5Cl.4H3O4P.3Zr/c7-6-4-2-1-3-5-6;4*1-5(2,3)4;;;/h1-5H;4*(H3,1,2,3,4);;;/q;;;;;3*+4/p-12. The average molecular weight is 766 g/mol. The van der Waals surface area contributed by atoms with Gasteiger partial charge in [0.2, 0.25) is 0 Å². The Kier molecular flexibility index (Phi) is 40.9. The van der Waals surface area contributed by atoms with Crippen LogP contribution < -0.4 is 58.7 Å². The van der Waals surface area contributed by atoms with E-state index in [1.165, 1.54) is 0 Å². The SMILES string of the molecule is Clc1ccccc1.O=P([O-])([O-])[O-].O=P([O-])([O-])[O-].O=P([O-])([O-])[O-].O=P([O-])([O-])[O-].[Zr+4].[Zr+4].[Zr+4]. The van der Waals surface area contributed by atoms with E-state index in [2.05, 4.69) is 0 Å². The summed E-state index contributed by atoms with van der Waals surface area (Å²) in [5.41, 5.74) is 0. The summed E-state index contributed by atoms with van der Waals surface area (Å²) in [5, 5.41) is 0.794. The first-order chi connectivity index (χ1) is 11.4. The van der Waals surface area contributed by atoms with Gasteiger partial charge in [-0.15, -0.1) is 0 Å². The predicted octanol–water partition coefficient (Wildman–Crippen LogP) is -8.97. The van der Waals surface area contributed by atoms with Crippen molar-refractivity contribution in [3.8, 4) is 0 Å². The van der Waals surface area contributed by atoms with Gasteiger partial charge in [0.1, 0.15) is 0 Å². The van der Waals surface area contributed by atoms with Crippen molar-refractivity contribution in [2.24, 2.45) is 0 Å². The number of benzene rings is 1. The maximum absolute atomic E-state index is 8.55. The summed E-state index contributed by atoms with van der Waals surface area (Å²) in [6, 6.07) is 9.44. The third-order valence-electron chi connectivity index (χ3n) is 0.733. The fraction of sp³-hybridized carbons (Fsp3) is 0. The smallest absolute Gasteiger partial charge is 0.822 e. The predicted molar refractivity (Wildman–Crippen MR) is 61.9 cm³/mol. The van der Waals surface area contributed by atoms with Gasteiger partial charge in [0, 0.05) is 5.02 Å². The van der Waals surface area contributed by atoms with Gasteiger partial charge in [-0.1, -0.05) is 29.8 Å². The topological polar surface area (TPSA) is 345 Å². The normalized spacial score (nSPS) is 9.90. The second kappa shape index (κ2) is 24.7. The van der Waals surface area contributed by atoms with Crippen LogP contribution in [-0.2, 0) is 96.9 Å². The molecule has 30 heavy (non-hydrogen) atoms. The number of hydrogen-bond donors (Lipinski definition) is 0. The van der Waals surface area contributed by atoms with Crippen LogP contribution in [0.1, 0.15) is 0 Å². The molecule has 0 unspecified atom stereocenters. The van der Waals surface area contributed by atoms with Crippen LogP contribution in [0, 0.1) is 0 Å². The Morgan fingerprint density at radius 1 is 0.467 bits per heavy atom. The first kappa shape index (κ1) is 49.7. The summed E-state index contributed by atoms with van der Waals surface area (Å²) >= 11 is 5.54. The third kappa shape index (κ3) is 239. The molecule has 0 spiro atoms. The third-order valence-corrected chi connectivity index (χ3v) is 0.985. The van der Waals surface area contributed by atoms with E-state index in [4.69, 9.17) is 88.6 Å². The molecule has 0 radical (unpaired) electrons. The molecule has 0 saturated carbocycles. The van der Waals surface area contributed by atoms with Crippen molar-refractivity contribution in [1.82, 2.24) is 0 Å². The first-order valence-corrected chi connectivity index (χ1v) is 11.2. The van der Waals surface area contributed by atoms with E-state index in [1.807, 2.05) is 30.3 Å². The second-order valence-electron chi connectivity index (χ2n) is 3.08. The van der Waals surface area contributed by atoms with Crippen molar-refractivity contribution in [2.45, 2.75) is 0 Å². The van der Waals surface area contributed by atoms with E-state index in [1.54, 1.807) is 0 Å². The summed E-state index contributed by atoms with van der Waals surface area (Å²) in [7, 11) is -21.6. The summed E-state index contributed by atoms with van der Waals surface area (Å²) in [6.07, 6.45) is 0. The van der Waals surface area contributed by atoms with Gasteiger partial charge < -0.3 is 77.0 Å². The van der Waals surface area contributed by atoms with Crippen molar-refractivity contribution < 1.29 is 156 Å². The molecular formula is C6H5ClO16P4Zr3. The molecule has 0 N–H and O–H groups in total. The van der Waals surface area contributed by atoms with E-state index < -0.39 is 31.3 Å². The number of rotatable bonds is 0. The molecular weight excluding hydrogens is 761 g/mol. The zero-order chi connectivity index (χ0) is 23.1. The monoisotopic (exact) mass is 762 g/mol. The molecule has 16 nitrogen and oxygen atoms in total. The minimum atomic E-state index is -5.39. The summed E-state index contributed by atoms with van der Waals surface area (Å²) in [6.45, 7) is 0. The van der Waals surface area contributed by atoms with Crippen molar-refractivity contribution in [3.63, 3.8) is 0 Å². The van der Waals surface area contributed by atoms with Crippen molar-refractivity contribution >= 4 is 42.9 Å². The Labute approximate surface area is 231 Å². The van der Waals surface area contributed by atoms with Gasteiger partial charge in [0.15, 0.2) is 0 Å². The Balaban J connectivity index is -0.0000000434. The minimum absolute atomic E-state index is 0. The van der Waals surface area contributed by atoms with Crippen LogP contribution in [0.5, 0.6) is 0 Å². The van der Waals surface area contributed by atoms with E-state index in [9.17, 15) is 0 Å². The van der Waals surface area contributed by atoms with E-state index >= 15 is 0 Å². The summed E-state index contributed by atoms with van der Waals surface area (Å²) in [5.74, 6) is 0. The van der Waals surface area contributed by atoms with Crippen LogP contribution in [-0.4, -0.2) is 0 Å². The van der Waals surface area contributed by atoms with Crippen LogP contribution in [0.15, 0.2) is 30.3 Å². The molecule has 1 aromatic carbocycles. The maximum Gasteiger partial charge on any atom is 4.00 e. The van der Waals surface area contributed by atoms with Crippen LogP contribution in [0.3, 0.4) is 0 Å². The van der Waals surface area contributed by atoms with Gasteiger partial charge in [-0.25, -0.2) is 0 Å². The Morgan fingerprint density at radius 3 is 0.667 bits per heavy atom. The average Bonchev–Trinajstić information content (AvgIpc) is 2.19. The van der Waals surface area contributed by atoms with E-state index in [0.29, 0.717) is 0 Å². The molecule has 0 heterocycles. The molecule has 24 heteroatoms. The molecule has 1 aromatic rings. The minimum Gasteiger partial charge on any atom is -0.822 e. The Hall–Kier alpha value is 2.60. The van der Waals surface area contributed by atoms with Crippen LogP contribution >= 0.6 is 42.9 Å². The molecule has 1 rings (SSSR count). The molecule has 0 saturated heterocycles. The molecule has 0 aliphatic carbocycles. The first-order valence-electron chi connectivity index (χ1n) is 5.02. The summed E-state index contributed by atoms with van der Waals surface area (Å²) in [4.78, 5) is 103. The number of halogens is 1. The van der Waals surface area contributed by atoms with Gasteiger partial charge in [-0.2, -0.15) is 31.3 Å². The molecule has 0 atom stereocenters. The van der Waals surface area contributed by atoms with Crippen LogP contribution in [0.2, 0.25) is 5.02 Å².